The van der Waals surface area contributed by atoms with Crippen molar-refractivity contribution in [1.82, 2.24) is 4.31 Å². The summed E-state index contributed by atoms with van der Waals surface area (Å²) >= 11 is 0. The Balaban J connectivity index is 2.64. The van der Waals surface area contributed by atoms with E-state index in [1.165, 1.54) is 4.31 Å². The molecule has 1 aliphatic heterocycles. The third-order valence-corrected chi connectivity index (χ3v) is 5.96. The van der Waals surface area contributed by atoms with Crippen LogP contribution < -0.4 is 5.73 Å². The van der Waals surface area contributed by atoms with Crippen molar-refractivity contribution >= 4 is 19.9 Å². The smallest absolute Gasteiger partial charge is 0.215 e. The molecule has 0 aliphatic carbocycles. The third-order valence-electron chi connectivity index (χ3n) is 2.92. The molecular weight excluding hydrogens is 264 g/mol. The van der Waals surface area contributed by atoms with Crippen molar-refractivity contribution < 1.29 is 16.8 Å². The van der Waals surface area contributed by atoms with Gasteiger partial charge >= 0.3 is 0 Å². The molecule has 0 radical (unpaired) electrons. The van der Waals surface area contributed by atoms with Gasteiger partial charge in [0, 0.05) is 19.3 Å². The fraction of sp³-hybridized carbons (Fsp3) is 1.00. The van der Waals surface area contributed by atoms with Crippen LogP contribution >= 0.6 is 0 Å². The summed E-state index contributed by atoms with van der Waals surface area (Å²) in [6, 6.07) is 0. The van der Waals surface area contributed by atoms with Crippen LogP contribution in [0.1, 0.15) is 12.8 Å². The molecule has 0 bridgehead atoms. The van der Waals surface area contributed by atoms with E-state index in [0.29, 0.717) is 19.6 Å². The topological polar surface area (TPSA) is 97.5 Å². The van der Waals surface area contributed by atoms with E-state index in [9.17, 15) is 16.8 Å². The molecule has 1 unspecified atom stereocenters. The molecule has 0 saturated carbocycles. The number of hydrogen-bond acceptors (Lipinski definition) is 5. The third kappa shape index (κ3) is 4.90. The summed E-state index contributed by atoms with van der Waals surface area (Å²) in [5, 5.41) is 0. The van der Waals surface area contributed by atoms with Crippen molar-refractivity contribution in [3.63, 3.8) is 0 Å². The first-order valence-corrected chi connectivity index (χ1v) is 9.27. The molecule has 0 aromatic heterocycles. The highest BCUT2D eigenvalue weighted by atomic mass is 32.2. The molecular formula is C9H20N2O4S2. The van der Waals surface area contributed by atoms with Gasteiger partial charge in [0.25, 0.3) is 0 Å². The van der Waals surface area contributed by atoms with E-state index in [0.717, 1.165) is 19.1 Å². The average molecular weight is 284 g/mol. The summed E-state index contributed by atoms with van der Waals surface area (Å²) in [5.41, 5.74) is 5.53. The standard InChI is InChI=1S/C9H20N2O4S2/c1-16(12,13)5-6-17(14,15)11-4-2-3-9(7-10)8-11/h9H,2-8,10H2,1H3. The molecule has 102 valence electrons. The highest BCUT2D eigenvalue weighted by Crippen LogP contribution is 2.18. The highest BCUT2D eigenvalue weighted by Gasteiger charge is 2.28. The van der Waals surface area contributed by atoms with Crippen molar-refractivity contribution in [2.24, 2.45) is 11.7 Å². The number of hydrogen-bond donors (Lipinski definition) is 1. The van der Waals surface area contributed by atoms with Gasteiger partial charge in [0.2, 0.25) is 10.0 Å². The quantitative estimate of drug-likeness (QED) is 0.700. The zero-order valence-corrected chi connectivity index (χ0v) is 11.6. The zero-order chi connectivity index (χ0) is 13.1. The van der Waals surface area contributed by atoms with Crippen molar-refractivity contribution in [2.75, 3.05) is 37.4 Å². The summed E-state index contributed by atoms with van der Waals surface area (Å²) in [5.74, 6) is -0.459. The fourth-order valence-corrected chi connectivity index (χ4v) is 5.01. The Morgan fingerprint density at radius 2 is 1.88 bits per heavy atom. The molecule has 0 amide bonds. The SMILES string of the molecule is CS(=O)(=O)CCS(=O)(=O)N1CCCC(CN)C1. The Morgan fingerprint density at radius 1 is 1.24 bits per heavy atom. The second-order valence-electron chi connectivity index (χ2n) is 4.55. The van der Waals surface area contributed by atoms with Crippen LogP contribution in [-0.2, 0) is 19.9 Å². The molecule has 8 heteroatoms. The normalized spacial score (nSPS) is 23.8. The molecule has 2 N–H and O–H groups in total. The monoisotopic (exact) mass is 284 g/mol. The predicted octanol–water partition coefficient (Wildman–Crippen LogP) is -0.968. The van der Waals surface area contributed by atoms with Crippen LogP contribution in [0.15, 0.2) is 0 Å². The van der Waals surface area contributed by atoms with Crippen LogP contribution in [0.5, 0.6) is 0 Å². The minimum absolute atomic E-state index is 0.191. The van der Waals surface area contributed by atoms with Crippen molar-refractivity contribution in [2.45, 2.75) is 12.8 Å². The van der Waals surface area contributed by atoms with Gasteiger partial charge in [-0.05, 0) is 25.3 Å². The van der Waals surface area contributed by atoms with Crippen LogP contribution in [0.25, 0.3) is 0 Å². The molecule has 6 nitrogen and oxygen atoms in total. The summed E-state index contributed by atoms with van der Waals surface area (Å²) < 4.78 is 47.2. The van der Waals surface area contributed by atoms with E-state index in [-0.39, 0.29) is 17.4 Å². The predicted molar refractivity (Wildman–Crippen MR) is 66.8 cm³/mol. The van der Waals surface area contributed by atoms with Crippen LogP contribution in [0.4, 0.5) is 0 Å². The number of rotatable bonds is 5. The second kappa shape index (κ2) is 5.64. The number of nitrogens with zero attached hydrogens (tertiary/aromatic N) is 1. The lowest BCUT2D eigenvalue weighted by Gasteiger charge is -2.31. The maximum Gasteiger partial charge on any atom is 0.215 e. The fourth-order valence-electron chi connectivity index (χ4n) is 1.86. The zero-order valence-electron chi connectivity index (χ0n) is 10.0. The minimum Gasteiger partial charge on any atom is -0.330 e. The first-order valence-electron chi connectivity index (χ1n) is 5.60. The first kappa shape index (κ1) is 14.9. The average Bonchev–Trinajstić information content (AvgIpc) is 2.26. The molecule has 1 fully saturated rings. The van der Waals surface area contributed by atoms with E-state index < -0.39 is 19.9 Å². The lowest BCUT2D eigenvalue weighted by atomic mass is 10.0. The van der Waals surface area contributed by atoms with Gasteiger partial charge in [-0.1, -0.05) is 0 Å². The van der Waals surface area contributed by atoms with E-state index in [1.807, 2.05) is 0 Å². The molecule has 1 atom stereocenters. The highest BCUT2D eigenvalue weighted by molar-refractivity contribution is 7.93. The lowest BCUT2D eigenvalue weighted by molar-refractivity contribution is 0.272. The molecule has 1 saturated heterocycles. The molecule has 0 aromatic rings. The van der Waals surface area contributed by atoms with E-state index >= 15 is 0 Å². The largest absolute Gasteiger partial charge is 0.330 e. The van der Waals surface area contributed by atoms with E-state index in [4.69, 9.17) is 5.73 Å². The lowest BCUT2D eigenvalue weighted by Crippen LogP contribution is -2.43. The Hall–Kier alpha value is -0.180. The minimum atomic E-state index is -3.46. The van der Waals surface area contributed by atoms with Crippen molar-refractivity contribution in [1.29, 1.82) is 0 Å². The van der Waals surface area contributed by atoms with Crippen LogP contribution in [0.2, 0.25) is 0 Å². The van der Waals surface area contributed by atoms with Crippen molar-refractivity contribution in [3.8, 4) is 0 Å². The number of sulfone groups is 1. The Morgan fingerprint density at radius 3 is 2.41 bits per heavy atom. The molecule has 1 heterocycles. The molecule has 0 spiro atoms. The summed E-state index contributed by atoms with van der Waals surface area (Å²) in [6.07, 6.45) is 2.77. The van der Waals surface area contributed by atoms with Gasteiger partial charge in [0.05, 0.1) is 11.5 Å². The Bertz CT molecular complexity index is 444. The van der Waals surface area contributed by atoms with Crippen LogP contribution in [0, 0.1) is 5.92 Å². The van der Waals surface area contributed by atoms with Gasteiger partial charge in [0.15, 0.2) is 0 Å². The summed E-state index contributed by atoms with van der Waals surface area (Å²) in [6.45, 7) is 1.36. The summed E-state index contributed by atoms with van der Waals surface area (Å²) in [4.78, 5) is 0. The molecule has 17 heavy (non-hydrogen) atoms. The van der Waals surface area contributed by atoms with Crippen molar-refractivity contribution in [3.05, 3.63) is 0 Å². The molecule has 1 aliphatic rings. The summed E-state index contributed by atoms with van der Waals surface area (Å²) in [7, 11) is -6.71. The maximum absolute atomic E-state index is 11.9. The Labute approximate surface area is 103 Å². The van der Waals surface area contributed by atoms with Crippen LogP contribution in [0.3, 0.4) is 0 Å². The Kier molecular flexibility index (Phi) is 4.94. The maximum atomic E-state index is 11.9. The first-order chi connectivity index (χ1) is 7.74. The molecule has 1 rings (SSSR count). The van der Waals surface area contributed by atoms with E-state index in [1.54, 1.807) is 0 Å². The van der Waals surface area contributed by atoms with Crippen LogP contribution in [-0.4, -0.2) is 58.5 Å². The van der Waals surface area contributed by atoms with Gasteiger partial charge in [0.1, 0.15) is 9.84 Å². The second-order valence-corrected chi connectivity index (χ2v) is 8.90. The van der Waals surface area contributed by atoms with Gasteiger partial charge in [-0.2, -0.15) is 0 Å². The van der Waals surface area contributed by atoms with Gasteiger partial charge < -0.3 is 5.73 Å². The van der Waals surface area contributed by atoms with E-state index in [2.05, 4.69) is 0 Å². The van der Waals surface area contributed by atoms with Gasteiger partial charge in [-0.3, -0.25) is 0 Å². The molecule has 0 aromatic carbocycles. The van der Waals surface area contributed by atoms with Gasteiger partial charge in [-0.15, -0.1) is 0 Å². The number of nitrogens with two attached hydrogens (primary N) is 1. The number of sulfonamides is 1. The van der Waals surface area contributed by atoms with Gasteiger partial charge in [-0.25, -0.2) is 21.1 Å². The number of piperidine rings is 1.